The van der Waals surface area contributed by atoms with Crippen LogP contribution >= 0.6 is 0 Å². The highest BCUT2D eigenvalue weighted by Crippen LogP contribution is 2.43. The Labute approximate surface area is 121 Å². The number of hydrogen-bond acceptors (Lipinski definition) is 2. The molecule has 4 unspecified atom stereocenters. The molecular formula is C16H27NO3. The van der Waals surface area contributed by atoms with E-state index in [1.807, 2.05) is 18.7 Å². The van der Waals surface area contributed by atoms with Gasteiger partial charge in [0.15, 0.2) is 0 Å². The van der Waals surface area contributed by atoms with Crippen molar-refractivity contribution in [3.05, 3.63) is 0 Å². The van der Waals surface area contributed by atoms with Gasteiger partial charge in [-0.15, -0.1) is 0 Å². The molecule has 1 aliphatic heterocycles. The number of rotatable bonds is 2. The summed E-state index contributed by atoms with van der Waals surface area (Å²) in [7, 11) is 0. The lowest BCUT2D eigenvalue weighted by Gasteiger charge is -2.51. The maximum absolute atomic E-state index is 12.5. The van der Waals surface area contributed by atoms with E-state index in [0.29, 0.717) is 6.42 Å². The van der Waals surface area contributed by atoms with Crippen molar-refractivity contribution in [2.24, 2.45) is 17.3 Å². The van der Waals surface area contributed by atoms with E-state index in [2.05, 4.69) is 13.8 Å². The van der Waals surface area contributed by atoms with Gasteiger partial charge in [0.05, 0.1) is 5.92 Å². The topological polar surface area (TPSA) is 57.6 Å². The molecule has 4 atom stereocenters. The average molecular weight is 281 g/mol. The molecule has 0 radical (unpaired) electrons. The lowest BCUT2D eigenvalue weighted by Crippen LogP contribution is -2.60. The van der Waals surface area contributed by atoms with Crippen LogP contribution < -0.4 is 0 Å². The molecule has 2 rings (SSSR count). The zero-order chi connectivity index (χ0) is 15.1. The van der Waals surface area contributed by atoms with Gasteiger partial charge < -0.3 is 10.0 Å². The molecule has 4 heteroatoms. The lowest BCUT2D eigenvalue weighted by molar-refractivity contribution is -0.160. The van der Waals surface area contributed by atoms with Crippen LogP contribution in [0.1, 0.15) is 59.8 Å². The molecule has 1 aliphatic carbocycles. The third kappa shape index (κ3) is 2.57. The number of carbonyl (C=O) groups is 2. The quantitative estimate of drug-likeness (QED) is 0.846. The summed E-state index contributed by atoms with van der Waals surface area (Å²) in [5.74, 6) is -1.14. The van der Waals surface area contributed by atoms with Crippen molar-refractivity contribution in [1.29, 1.82) is 0 Å². The average Bonchev–Trinajstić information content (AvgIpc) is 2.29. The van der Waals surface area contributed by atoms with Crippen molar-refractivity contribution >= 4 is 11.9 Å². The van der Waals surface area contributed by atoms with E-state index >= 15 is 0 Å². The van der Waals surface area contributed by atoms with Gasteiger partial charge in [0.2, 0.25) is 5.91 Å². The highest BCUT2D eigenvalue weighted by Gasteiger charge is 2.48. The highest BCUT2D eigenvalue weighted by atomic mass is 16.4. The molecule has 0 aromatic heterocycles. The van der Waals surface area contributed by atoms with Gasteiger partial charge in [-0.2, -0.15) is 0 Å². The van der Waals surface area contributed by atoms with E-state index in [1.165, 1.54) is 6.42 Å². The summed E-state index contributed by atoms with van der Waals surface area (Å²) in [5.41, 5.74) is 0.0891. The fourth-order valence-electron chi connectivity index (χ4n) is 4.28. The minimum atomic E-state index is -0.767. The van der Waals surface area contributed by atoms with Crippen LogP contribution in [0, 0.1) is 17.3 Å². The summed E-state index contributed by atoms with van der Waals surface area (Å²) in [4.78, 5) is 26.0. The summed E-state index contributed by atoms with van der Waals surface area (Å²) < 4.78 is 0. The summed E-state index contributed by atoms with van der Waals surface area (Å²) in [6, 6.07) is -0.0146. The molecule has 0 spiro atoms. The molecule has 2 aliphatic rings. The van der Waals surface area contributed by atoms with Gasteiger partial charge in [0, 0.05) is 18.5 Å². The Bertz CT molecular complexity index is 405. The van der Waals surface area contributed by atoms with Crippen molar-refractivity contribution in [2.75, 3.05) is 0 Å². The van der Waals surface area contributed by atoms with Gasteiger partial charge >= 0.3 is 5.97 Å². The van der Waals surface area contributed by atoms with Crippen molar-refractivity contribution in [3.63, 3.8) is 0 Å². The third-order valence-electron chi connectivity index (χ3n) is 5.43. The van der Waals surface area contributed by atoms with Crippen LogP contribution in [0.3, 0.4) is 0 Å². The van der Waals surface area contributed by atoms with E-state index in [9.17, 15) is 14.7 Å². The third-order valence-corrected chi connectivity index (χ3v) is 5.43. The number of carboxylic acid groups (broad SMARTS) is 1. The van der Waals surface area contributed by atoms with E-state index in [0.717, 1.165) is 19.3 Å². The number of carboxylic acids is 1. The largest absolute Gasteiger partial charge is 0.481 e. The molecule has 1 N–H and O–H groups in total. The summed E-state index contributed by atoms with van der Waals surface area (Å²) >= 11 is 0. The fraction of sp³-hybridized carbons (Fsp3) is 0.875. The Morgan fingerprint density at radius 1 is 1.30 bits per heavy atom. The zero-order valence-corrected chi connectivity index (χ0v) is 13.1. The molecule has 20 heavy (non-hydrogen) atoms. The highest BCUT2D eigenvalue weighted by molar-refractivity contribution is 5.82. The first kappa shape index (κ1) is 15.3. The van der Waals surface area contributed by atoms with Crippen LogP contribution in [0.4, 0.5) is 0 Å². The van der Waals surface area contributed by atoms with E-state index in [1.54, 1.807) is 0 Å². The normalized spacial score (nSPS) is 37.8. The molecule has 0 aromatic carbocycles. The minimum absolute atomic E-state index is 0.0713. The lowest BCUT2D eigenvalue weighted by atomic mass is 9.70. The van der Waals surface area contributed by atoms with Gasteiger partial charge in [-0.1, -0.05) is 33.6 Å². The first-order valence-electron chi connectivity index (χ1n) is 7.79. The molecular weight excluding hydrogens is 254 g/mol. The monoisotopic (exact) mass is 281 g/mol. The van der Waals surface area contributed by atoms with Gasteiger partial charge in [-0.05, 0) is 31.1 Å². The van der Waals surface area contributed by atoms with Gasteiger partial charge in [-0.25, -0.2) is 0 Å². The van der Waals surface area contributed by atoms with Gasteiger partial charge in [0.25, 0.3) is 0 Å². The summed E-state index contributed by atoms with van der Waals surface area (Å²) in [6.45, 7) is 8.23. The van der Waals surface area contributed by atoms with Crippen LogP contribution in [-0.2, 0) is 9.59 Å². The number of carbonyl (C=O) groups excluding carboxylic acids is 1. The molecule has 1 saturated heterocycles. The Kier molecular flexibility index (Phi) is 4.12. The Hall–Kier alpha value is -1.06. The molecule has 0 aromatic rings. The molecule has 0 bridgehead atoms. The summed E-state index contributed by atoms with van der Waals surface area (Å²) in [6.07, 6.45) is 4.83. The van der Waals surface area contributed by atoms with E-state index in [-0.39, 0.29) is 29.3 Å². The van der Waals surface area contributed by atoms with E-state index in [4.69, 9.17) is 0 Å². The smallest absolute Gasteiger partial charge is 0.308 e. The molecule has 114 valence electrons. The van der Waals surface area contributed by atoms with E-state index < -0.39 is 11.9 Å². The number of amides is 1. The maximum Gasteiger partial charge on any atom is 0.308 e. The number of likely N-dealkylation sites (tertiary alicyclic amines) is 1. The Morgan fingerprint density at radius 3 is 2.50 bits per heavy atom. The second-order valence-corrected chi connectivity index (χ2v) is 7.34. The van der Waals surface area contributed by atoms with Crippen molar-refractivity contribution < 1.29 is 14.7 Å². The van der Waals surface area contributed by atoms with Crippen LogP contribution in [0.15, 0.2) is 0 Å². The predicted octanol–water partition coefficient (Wildman–Crippen LogP) is 2.91. The van der Waals surface area contributed by atoms with Gasteiger partial charge in [0.1, 0.15) is 0 Å². The number of aliphatic carboxylic acids is 1. The van der Waals surface area contributed by atoms with Crippen molar-refractivity contribution in [1.82, 2.24) is 4.90 Å². The molecule has 4 nitrogen and oxygen atoms in total. The van der Waals surface area contributed by atoms with Crippen LogP contribution in [0.5, 0.6) is 0 Å². The number of nitrogens with zero attached hydrogens (tertiary/aromatic N) is 1. The second kappa shape index (κ2) is 5.38. The first-order chi connectivity index (χ1) is 9.25. The van der Waals surface area contributed by atoms with Crippen LogP contribution in [-0.4, -0.2) is 34.0 Å². The minimum Gasteiger partial charge on any atom is -0.481 e. The zero-order valence-electron chi connectivity index (χ0n) is 13.1. The standard InChI is InChI=1S/C16H27NO3/c1-10-9-13(18)17(11(2)14(10)15(19)20)12-7-5-6-8-16(12,3)4/h10-12,14H,5-9H2,1-4H3,(H,19,20). The molecule has 2 fully saturated rings. The molecule has 1 heterocycles. The second-order valence-electron chi connectivity index (χ2n) is 7.34. The van der Waals surface area contributed by atoms with Crippen molar-refractivity contribution in [3.8, 4) is 0 Å². The number of hydrogen-bond donors (Lipinski definition) is 1. The van der Waals surface area contributed by atoms with Gasteiger partial charge in [-0.3, -0.25) is 9.59 Å². The predicted molar refractivity (Wildman–Crippen MR) is 77.3 cm³/mol. The van der Waals surface area contributed by atoms with Crippen molar-refractivity contribution in [2.45, 2.75) is 71.9 Å². The Morgan fingerprint density at radius 2 is 1.95 bits per heavy atom. The fourth-order valence-corrected chi connectivity index (χ4v) is 4.28. The molecule has 1 saturated carbocycles. The SMILES string of the molecule is CC1CC(=O)N(C2CCCCC2(C)C)C(C)C1C(=O)O. The Balaban J connectivity index is 2.29. The number of piperidine rings is 1. The molecule has 1 amide bonds. The van der Waals surface area contributed by atoms with Crippen LogP contribution in [0.2, 0.25) is 0 Å². The first-order valence-corrected chi connectivity index (χ1v) is 7.79. The van der Waals surface area contributed by atoms with Crippen LogP contribution in [0.25, 0.3) is 0 Å². The maximum atomic E-state index is 12.5. The summed E-state index contributed by atoms with van der Waals surface area (Å²) in [5, 5.41) is 9.47.